The highest BCUT2D eigenvalue weighted by molar-refractivity contribution is 6.20. The van der Waals surface area contributed by atoms with Gasteiger partial charge in [-0.2, -0.15) is 0 Å². The summed E-state index contributed by atoms with van der Waals surface area (Å²) >= 11 is 6.25. The van der Waals surface area contributed by atoms with E-state index >= 15 is 0 Å². The molecule has 0 spiro atoms. The first-order valence-corrected chi connectivity index (χ1v) is 7.40. The first-order valence-electron chi connectivity index (χ1n) is 6.96. The fraction of sp³-hybridized carbons (Fsp3) is 0.467. The Hall–Kier alpha value is -1.75. The van der Waals surface area contributed by atoms with Gasteiger partial charge >= 0.3 is 6.03 Å². The summed E-state index contributed by atoms with van der Waals surface area (Å²) in [7, 11) is 3.44. The van der Waals surface area contributed by atoms with Gasteiger partial charge in [-0.05, 0) is 25.5 Å². The quantitative estimate of drug-likeness (QED) is 0.883. The molecule has 1 aromatic carbocycles. The summed E-state index contributed by atoms with van der Waals surface area (Å²) < 4.78 is 2.10. The molecule has 0 aliphatic carbocycles. The molecule has 0 saturated carbocycles. The lowest BCUT2D eigenvalue weighted by Gasteiger charge is -2.15. The molecule has 2 amide bonds. The molecule has 1 aromatic heterocycles. The summed E-state index contributed by atoms with van der Waals surface area (Å²) in [6.07, 6.45) is 0. The molecule has 1 N–H and O–H groups in total. The Morgan fingerprint density at radius 3 is 2.81 bits per heavy atom. The highest BCUT2D eigenvalue weighted by Crippen LogP contribution is 2.26. The van der Waals surface area contributed by atoms with E-state index in [0.29, 0.717) is 13.1 Å². The Bertz CT molecular complexity index is 648. The molecule has 0 radical (unpaired) electrons. The van der Waals surface area contributed by atoms with E-state index in [0.717, 1.165) is 22.4 Å². The van der Waals surface area contributed by atoms with E-state index in [2.05, 4.69) is 27.9 Å². The number of alkyl halides is 1. The van der Waals surface area contributed by atoms with Gasteiger partial charge in [0, 0.05) is 27.2 Å². The normalized spacial score (nSPS) is 12.4. The van der Waals surface area contributed by atoms with Gasteiger partial charge in [-0.1, -0.05) is 12.1 Å². The second-order valence-corrected chi connectivity index (χ2v) is 5.96. The van der Waals surface area contributed by atoms with Crippen LogP contribution in [0, 0.1) is 6.92 Å². The van der Waals surface area contributed by atoms with Crippen LogP contribution in [0.25, 0.3) is 11.0 Å². The smallest absolute Gasteiger partial charge is 0.316 e. The Morgan fingerprint density at radius 1 is 1.48 bits per heavy atom. The van der Waals surface area contributed by atoms with E-state index in [1.54, 1.807) is 14.1 Å². The third-order valence-corrected chi connectivity index (χ3v) is 3.57. The first kappa shape index (κ1) is 15.6. The minimum Gasteiger partial charge on any atom is -0.336 e. The van der Waals surface area contributed by atoms with Crippen molar-refractivity contribution >= 4 is 28.7 Å². The number of hydrogen-bond acceptors (Lipinski definition) is 2. The number of hydrogen-bond donors (Lipinski definition) is 1. The van der Waals surface area contributed by atoms with Crippen molar-refractivity contribution in [1.29, 1.82) is 0 Å². The standard InChI is InChI=1S/C15H21ClN4O/c1-10-6-5-7-12-13(10)20(14(18-12)11(2)16)9-8-17-15(21)19(3)4/h5-7,11H,8-9H2,1-4H3,(H,17,21). The van der Waals surface area contributed by atoms with Gasteiger partial charge in [0.1, 0.15) is 5.82 Å². The van der Waals surface area contributed by atoms with Crippen LogP contribution in [0.3, 0.4) is 0 Å². The number of benzene rings is 1. The van der Waals surface area contributed by atoms with Crippen molar-refractivity contribution < 1.29 is 4.79 Å². The minimum atomic E-state index is -0.179. The summed E-state index contributed by atoms with van der Waals surface area (Å²) in [5.41, 5.74) is 3.18. The van der Waals surface area contributed by atoms with Crippen LogP contribution in [0.4, 0.5) is 4.79 Å². The molecule has 114 valence electrons. The maximum atomic E-state index is 11.6. The van der Waals surface area contributed by atoms with Crippen LogP contribution in [0.5, 0.6) is 0 Å². The number of halogens is 1. The second kappa shape index (κ2) is 6.35. The molecular formula is C15H21ClN4O. The van der Waals surface area contributed by atoms with E-state index in [-0.39, 0.29) is 11.4 Å². The minimum absolute atomic E-state index is 0.100. The zero-order chi connectivity index (χ0) is 15.6. The van der Waals surface area contributed by atoms with E-state index in [9.17, 15) is 4.79 Å². The summed E-state index contributed by atoms with van der Waals surface area (Å²) in [5, 5.41) is 2.69. The van der Waals surface area contributed by atoms with E-state index in [1.165, 1.54) is 4.90 Å². The van der Waals surface area contributed by atoms with Gasteiger partial charge in [0.05, 0.1) is 16.4 Å². The third-order valence-electron chi connectivity index (χ3n) is 3.37. The van der Waals surface area contributed by atoms with E-state index in [4.69, 9.17) is 11.6 Å². The number of imidazole rings is 1. The molecule has 0 bridgehead atoms. The molecule has 0 aliphatic rings. The number of fused-ring (bicyclic) bond motifs is 1. The molecule has 1 heterocycles. The number of amides is 2. The number of aryl methyl sites for hydroxylation is 1. The van der Waals surface area contributed by atoms with Gasteiger partial charge in [-0.15, -0.1) is 11.6 Å². The summed E-state index contributed by atoms with van der Waals surface area (Å²) in [4.78, 5) is 17.7. The van der Waals surface area contributed by atoms with Gasteiger partial charge in [0.15, 0.2) is 0 Å². The van der Waals surface area contributed by atoms with Crippen LogP contribution in [-0.4, -0.2) is 41.1 Å². The topological polar surface area (TPSA) is 50.2 Å². The van der Waals surface area contributed by atoms with Gasteiger partial charge in [-0.3, -0.25) is 0 Å². The van der Waals surface area contributed by atoms with Crippen molar-refractivity contribution in [3.63, 3.8) is 0 Å². The second-order valence-electron chi connectivity index (χ2n) is 5.31. The average molecular weight is 309 g/mol. The number of aromatic nitrogens is 2. The monoisotopic (exact) mass is 308 g/mol. The lowest BCUT2D eigenvalue weighted by Crippen LogP contribution is -2.36. The first-order chi connectivity index (χ1) is 9.91. The fourth-order valence-electron chi connectivity index (χ4n) is 2.35. The predicted octanol–water partition coefficient (Wildman–Crippen LogP) is 2.92. The molecule has 5 nitrogen and oxygen atoms in total. The summed E-state index contributed by atoms with van der Waals surface area (Å²) in [6.45, 7) is 5.15. The highest BCUT2D eigenvalue weighted by Gasteiger charge is 2.16. The molecular weight excluding hydrogens is 288 g/mol. The number of nitrogens with zero attached hydrogens (tertiary/aromatic N) is 3. The molecule has 6 heteroatoms. The fourth-order valence-corrected chi connectivity index (χ4v) is 2.51. The van der Waals surface area contributed by atoms with Crippen LogP contribution in [0.1, 0.15) is 23.7 Å². The number of carbonyl (C=O) groups is 1. The molecule has 0 aliphatic heterocycles. The number of para-hydroxylation sites is 1. The van der Waals surface area contributed by atoms with Gasteiger partial charge in [0.25, 0.3) is 0 Å². The van der Waals surface area contributed by atoms with Crippen molar-refractivity contribution in [3.8, 4) is 0 Å². The lowest BCUT2D eigenvalue weighted by atomic mass is 10.2. The number of urea groups is 1. The van der Waals surface area contributed by atoms with Crippen molar-refractivity contribution in [2.24, 2.45) is 0 Å². The van der Waals surface area contributed by atoms with Crippen molar-refractivity contribution in [2.75, 3.05) is 20.6 Å². The van der Waals surface area contributed by atoms with Crippen LogP contribution < -0.4 is 5.32 Å². The van der Waals surface area contributed by atoms with E-state index < -0.39 is 0 Å². The Kier molecular flexibility index (Phi) is 4.73. The van der Waals surface area contributed by atoms with Crippen LogP contribution in [0.15, 0.2) is 18.2 Å². The van der Waals surface area contributed by atoms with Gasteiger partial charge in [-0.25, -0.2) is 9.78 Å². The Labute approximate surface area is 129 Å². The maximum absolute atomic E-state index is 11.6. The lowest BCUT2D eigenvalue weighted by molar-refractivity contribution is 0.217. The Morgan fingerprint density at radius 2 is 2.19 bits per heavy atom. The number of nitrogens with one attached hydrogen (secondary N) is 1. The van der Waals surface area contributed by atoms with Gasteiger partial charge < -0.3 is 14.8 Å². The zero-order valence-electron chi connectivity index (χ0n) is 12.9. The molecule has 2 aromatic rings. The largest absolute Gasteiger partial charge is 0.336 e. The molecule has 0 saturated heterocycles. The Balaban J connectivity index is 2.28. The van der Waals surface area contributed by atoms with Crippen molar-refractivity contribution in [2.45, 2.75) is 25.8 Å². The van der Waals surface area contributed by atoms with Gasteiger partial charge in [0.2, 0.25) is 0 Å². The average Bonchev–Trinajstić information content (AvgIpc) is 2.79. The maximum Gasteiger partial charge on any atom is 0.316 e. The SMILES string of the molecule is Cc1cccc2nc(C(C)Cl)n(CCNC(=O)N(C)C)c12. The molecule has 1 unspecified atom stereocenters. The summed E-state index contributed by atoms with van der Waals surface area (Å²) in [5.74, 6) is 0.833. The number of rotatable bonds is 4. The number of carbonyl (C=O) groups excluding carboxylic acids is 1. The predicted molar refractivity (Wildman–Crippen MR) is 85.8 cm³/mol. The molecule has 2 rings (SSSR count). The van der Waals surface area contributed by atoms with Crippen LogP contribution in [0.2, 0.25) is 0 Å². The molecule has 21 heavy (non-hydrogen) atoms. The van der Waals surface area contributed by atoms with Crippen LogP contribution in [-0.2, 0) is 6.54 Å². The third kappa shape index (κ3) is 3.29. The van der Waals surface area contributed by atoms with Crippen molar-refractivity contribution in [3.05, 3.63) is 29.6 Å². The molecule has 1 atom stereocenters. The zero-order valence-corrected chi connectivity index (χ0v) is 13.6. The summed E-state index contributed by atoms with van der Waals surface area (Å²) in [6, 6.07) is 5.93. The van der Waals surface area contributed by atoms with Crippen LogP contribution >= 0.6 is 11.6 Å². The molecule has 0 fully saturated rings. The van der Waals surface area contributed by atoms with Crippen molar-refractivity contribution in [1.82, 2.24) is 19.8 Å². The van der Waals surface area contributed by atoms with E-state index in [1.807, 2.05) is 19.1 Å². The highest BCUT2D eigenvalue weighted by atomic mass is 35.5.